The van der Waals surface area contributed by atoms with Crippen LogP contribution in [0.1, 0.15) is 27.2 Å². The zero-order valence-corrected chi connectivity index (χ0v) is 11.0. The summed E-state index contributed by atoms with van der Waals surface area (Å²) in [4.78, 5) is 23.3. The van der Waals surface area contributed by atoms with Gasteiger partial charge in [-0.1, -0.05) is 0 Å². The van der Waals surface area contributed by atoms with Gasteiger partial charge < -0.3 is 19.4 Å². The third-order valence-electron chi connectivity index (χ3n) is 3.34. The van der Waals surface area contributed by atoms with Gasteiger partial charge >= 0.3 is 5.97 Å². The van der Waals surface area contributed by atoms with Crippen LogP contribution in [0.4, 0.5) is 0 Å². The molecule has 1 aromatic carbocycles. The Kier molecular flexibility index (Phi) is 3.13. The maximum Gasteiger partial charge on any atom is 0.307 e. The number of phenolic OH excluding ortho intramolecular Hbond substituents is 1. The Morgan fingerprint density at radius 2 is 2.14 bits per heavy atom. The molecule has 0 fully saturated rings. The molecule has 2 heterocycles. The number of carbonyl (C=O) groups is 2. The van der Waals surface area contributed by atoms with Crippen molar-refractivity contribution in [2.24, 2.45) is 0 Å². The number of carbonyl (C=O) groups excluding carboxylic acids is 1. The van der Waals surface area contributed by atoms with Crippen LogP contribution < -0.4 is 4.74 Å². The molecule has 3 rings (SSSR count). The van der Waals surface area contributed by atoms with Gasteiger partial charge in [-0.15, -0.1) is 0 Å². The van der Waals surface area contributed by atoms with Crippen molar-refractivity contribution in [1.29, 1.82) is 0 Å². The molecule has 6 nitrogen and oxygen atoms in total. The Labute approximate surface area is 119 Å². The number of phenols is 1. The van der Waals surface area contributed by atoms with E-state index in [1.807, 2.05) is 0 Å². The first-order chi connectivity index (χ1) is 10.1. The van der Waals surface area contributed by atoms with Crippen LogP contribution in [0.3, 0.4) is 0 Å². The summed E-state index contributed by atoms with van der Waals surface area (Å²) in [5.41, 5.74) is 0.886. The van der Waals surface area contributed by atoms with Crippen LogP contribution in [-0.4, -0.2) is 28.6 Å². The smallest absolute Gasteiger partial charge is 0.307 e. The molecule has 0 bridgehead atoms. The molecule has 2 aromatic rings. The molecular formula is C15H12O6. The van der Waals surface area contributed by atoms with E-state index in [1.165, 1.54) is 12.3 Å². The second kappa shape index (κ2) is 4.97. The maximum atomic E-state index is 12.4. The fourth-order valence-electron chi connectivity index (χ4n) is 2.43. The van der Waals surface area contributed by atoms with Crippen molar-refractivity contribution in [2.45, 2.75) is 12.8 Å². The number of rotatable bonds is 4. The number of benzene rings is 1. The highest BCUT2D eigenvalue weighted by Gasteiger charge is 2.29. The standard InChI is InChI=1S/C15H12O6/c16-11(17)7-9-6-8-3-5-21-15(8)12(13(9)18)14(19)10-2-1-4-20-10/h1-2,4,6,18H,3,5,7H2,(H,16,17). The van der Waals surface area contributed by atoms with Gasteiger partial charge in [-0.2, -0.15) is 0 Å². The first kappa shape index (κ1) is 13.2. The van der Waals surface area contributed by atoms with Crippen molar-refractivity contribution < 1.29 is 29.0 Å². The van der Waals surface area contributed by atoms with E-state index in [-0.39, 0.29) is 29.1 Å². The summed E-state index contributed by atoms with van der Waals surface area (Å²) in [6.07, 6.45) is 1.56. The first-order valence-electron chi connectivity index (χ1n) is 6.38. The van der Waals surface area contributed by atoms with E-state index in [2.05, 4.69) is 0 Å². The van der Waals surface area contributed by atoms with Crippen molar-refractivity contribution in [3.8, 4) is 11.5 Å². The highest BCUT2D eigenvalue weighted by molar-refractivity contribution is 6.11. The fourth-order valence-corrected chi connectivity index (χ4v) is 2.43. The molecule has 0 spiro atoms. The van der Waals surface area contributed by atoms with Gasteiger partial charge in [-0.05, 0) is 23.8 Å². The van der Waals surface area contributed by atoms with Crippen molar-refractivity contribution in [3.63, 3.8) is 0 Å². The van der Waals surface area contributed by atoms with Gasteiger partial charge in [-0.25, -0.2) is 0 Å². The summed E-state index contributed by atoms with van der Waals surface area (Å²) in [6.45, 7) is 0.393. The zero-order chi connectivity index (χ0) is 15.0. The Bertz CT molecular complexity index is 714. The molecule has 0 atom stereocenters. The first-order valence-corrected chi connectivity index (χ1v) is 6.38. The molecule has 0 unspecified atom stereocenters. The second-order valence-electron chi connectivity index (χ2n) is 4.72. The van der Waals surface area contributed by atoms with E-state index in [1.54, 1.807) is 12.1 Å². The van der Waals surface area contributed by atoms with Crippen LogP contribution >= 0.6 is 0 Å². The number of hydrogen-bond acceptors (Lipinski definition) is 5. The highest BCUT2D eigenvalue weighted by atomic mass is 16.5. The summed E-state index contributed by atoms with van der Waals surface area (Å²) in [5, 5.41) is 19.2. The topological polar surface area (TPSA) is 97.0 Å². The predicted molar refractivity (Wildman–Crippen MR) is 70.8 cm³/mol. The van der Waals surface area contributed by atoms with Crippen LogP contribution in [0.25, 0.3) is 0 Å². The average molecular weight is 288 g/mol. The molecule has 6 heteroatoms. The lowest BCUT2D eigenvalue weighted by Gasteiger charge is -2.12. The Balaban J connectivity index is 2.16. The SMILES string of the molecule is O=C(O)Cc1cc2c(c(C(=O)c3ccco3)c1O)OCC2. The second-order valence-corrected chi connectivity index (χ2v) is 4.72. The van der Waals surface area contributed by atoms with E-state index in [4.69, 9.17) is 14.3 Å². The minimum atomic E-state index is -1.08. The molecule has 108 valence electrons. The number of ketones is 1. The summed E-state index contributed by atoms with van der Waals surface area (Å²) >= 11 is 0. The molecule has 1 aliphatic heterocycles. The summed E-state index contributed by atoms with van der Waals surface area (Å²) < 4.78 is 10.5. The molecule has 0 aliphatic carbocycles. The average Bonchev–Trinajstić information content (AvgIpc) is 3.08. The number of aliphatic carboxylic acids is 1. The van der Waals surface area contributed by atoms with E-state index < -0.39 is 11.8 Å². The van der Waals surface area contributed by atoms with Crippen molar-refractivity contribution in [2.75, 3.05) is 6.61 Å². The predicted octanol–water partition coefficient (Wildman–Crippen LogP) is 1.78. The maximum absolute atomic E-state index is 12.4. The number of carboxylic acid groups (broad SMARTS) is 1. The van der Waals surface area contributed by atoms with Gasteiger partial charge in [0.2, 0.25) is 5.78 Å². The molecule has 0 radical (unpaired) electrons. The Morgan fingerprint density at radius 1 is 1.33 bits per heavy atom. The zero-order valence-electron chi connectivity index (χ0n) is 11.0. The molecule has 1 aromatic heterocycles. The van der Waals surface area contributed by atoms with Gasteiger partial charge in [0.1, 0.15) is 17.1 Å². The monoisotopic (exact) mass is 288 g/mol. The van der Waals surface area contributed by atoms with Crippen LogP contribution in [-0.2, 0) is 17.6 Å². The van der Waals surface area contributed by atoms with Crippen molar-refractivity contribution in [1.82, 2.24) is 0 Å². The van der Waals surface area contributed by atoms with Gasteiger partial charge in [-0.3, -0.25) is 9.59 Å². The number of furan rings is 1. The lowest BCUT2D eigenvalue weighted by Crippen LogP contribution is -2.07. The normalized spacial score (nSPS) is 12.8. The Hall–Kier alpha value is -2.76. The third kappa shape index (κ3) is 2.24. The molecular weight excluding hydrogens is 276 g/mol. The number of hydrogen-bond donors (Lipinski definition) is 2. The molecule has 2 N–H and O–H groups in total. The molecule has 21 heavy (non-hydrogen) atoms. The quantitative estimate of drug-likeness (QED) is 0.832. The van der Waals surface area contributed by atoms with Crippen LogP contribution in [0.2, 0.25) is 0 Å². The van der Waals surface area contributed by atoms with Gasteiger partial charge in [0, 0.05) is 12.0 Å². The summed E-state index contributed by atoms with van der Waals surface area (Å²) in [5.74, 6) is -1.60. The van der Waals surface area contributed by atoms with E-state index in [0.29, 0.717) is 18.8 Å². The molecule has 1 aliphatic rings. The van der Waals surface area contributed by atoms with Crippen molar-refractivity contribution in [3.05, 3.63) is 46.9 Å². The number of carboxylic acids is 1. The van der Waals surface area contributed by atoms with Crippen LogP contribution in [0.15, 0.2) is 28.9 Å². The van der Waals surface area contributed by atoms with E-state index >= 15 is 0 Å². The fraction of sp³-hybridized carbons (Fsp3) is 0.200. The lowest BCUT2D eigenvalue weighted by molar-refractivity contribution is -0.136. The minimum absolute atomic E-state index is 0.0313. The highest BCUT2D eigenvalue weighted by Crippen LogP contribution is 2.39. The third-order valence-corrected chi connectivity index (χ3v) is 3.34. The Morgan fingerprint density at radius 3 is 2.81 bits per heavy atom. The lowest BCUT2D eigenvalue weighted by atomic mass is 9.96. The minimum Gasteiger partial charge on any atom is -0.507 e. The largest absolute Gasteiger partial charge is 0.507 e. The molecule has 0 saturated carbocycles. The van der Waals surface area contributed by atoms with Crippen molar-refractivity contribution >= 4 is 11.8 Å². The number of aromatic hydroxyl groups is 1. The summed E-state index contributed by atoms with van der Waals surface area (Å²) in [6, 6.07) is 4.62. The number of fused-ring (bicyclic) bond motifs is 1. The molecule has 0 saturated heterocycles. The number of ether oxygens (including phenoxy) is 1. The van der Waals surface area contributed by atoms with Crippen LogP contribution in [0.5, 0.6) is 11.5 Å². The van der Waals surface area contributed by atoms with Gasteiger partial charge in [0.15, 0.2) is 5.76 Å². The summed E-state index contributed by atoms with van der Waals surface area (Å²) in [7, 11) is 0. The van der Waals surface area contributed by atoms with Crippen LogP contribution in [0, 0.1) is 0 Å². The van der Waals surface area contributed by atoms with E-state index in [9.17, 15) is 14.7 Å². The van der Waals surface area contributed by atoms with Gasteiger partial charge in [0.05, 0.1) is 19.3 Å². The molecule has 0 amide bonds. The van der Waals surface area contributed by atoms with E-state index in [0.717, 1.165) is 5.56 Å². The van der Waals surface area contributed by atoms with Gasteiger partial charge in [0.25, 0.3) is 0 Å².